The highest BCUT2D eigenvalue weighted by Gasteiger charge is 2.14. The molecule has 0 bridgehead atoms. The predicted octanol–water partition coefficient (Wildman–Crippen LogP) is 4.12. The predicted molar refractivity (Wildman–Crippen MR) is 121 cm³/mol. The minimum Gasteiger partial charge on any atom is -0.452 e. The number of esters is 1. The summed E-state index contributed by atoms with van der Waals surface area (Å²) in [4.78, 5) is 36.2. The number of urea groups is 1. The second-order valence-corrected chi connectivity index (χ2v) is 8.00. The van der Waals surface area contributed by atoms with E-state index >= 15 is 0 Å². The van der Waals surface area contributed by atoms with E-state index in [0.717, 1.165) is 22.4 Å². The summed E-state index contributed by atoms with van der Waals surface area (Å²) in [6.07, 6.45) is 0. The first-order valence-electron chi connectivity index (χ1n) is 10.4. The van der Waals surface area contributed by atoms with Crippen LogP contribution in [0.1, 0.15) is 60.7 Å². The zero-order valence-electron chi connectivity index (χ0n) is 18.7. The Bertz CT molecular complexity index is 921. The molecule has 0 aliphatic rings. The second kappa shape index (κ2) is 11.2. The minimum atomic E-state index is -0.582. The zero-order valence-corrected chi connectivity index (χ0v) is 18.7. The van der Waals surface area contributed by atoms with Gasteiger partial charge in [0.15, 0.2) is 6.61 Å². The Morgan fingerprint density at radius 2 is 1.65 bits per heavy atom. The van der Waals surface area contributed by atoms with Crippen LogP contribution in [0.3, 0.4) is 0 Å². The lowest BCUT2D eigenvalue weighted by Crippen LogP contribution is -2.39. The van der Waals surface area contributed by atoms with E-state index in [1.807, 2.05) is 39.0 Å². The lowest BCUT2D eigenvalue weighted by atomic mass is 9.98. The largest absolute Gasteiger partial charge is 0.452 e. The number of anilines is 1. The normalized spacial score (nSPS) is 10.7. The van der Waals surface area contributed by atoms with Crippen LogP contribution in [0.2, 0.25) is 0 Å². The van der Waals surface area contributed by atoms with Gasteiger partial charge in [0.05, 0.1) is 5.56 Å². The fourth-order valence-corrected chi connectivity index (χ4v) is 2.99. The Kier molecular flexibility index (Phi) is 8.61. The van der Waals surface area contributed by atoms with Crippen molar-refractivity contribution in [2.24, 2.45) is 0 Å². The van der Waals surface area contributed by atoms with Gasteiger partial charge < -0.3 is 20.7 Å². The van der Waals surface area contributed by atoms with Crippen LogP contribution in [0.15, 0.2) is 42.5 Å². The van der Waals surface area contributed by atoms with E-state index < -0.39 is 5.97 Å². The fourth-order valence-electron chi connectivity index (χ4n) is 2.99. The smallest absolute Gasteiger partial charge is 0.338 e. The number of ether oxygens (including phenoxy) is 1. The van der Waals surface area contributed by atoms with Crippen LogP contribution in [-0.4, -0.2) is 30.6 Å². The van der Waals surface area contributed by atoms with Gasteiger partial charge in [0, 0.05) is 18.3 Å². The second-order valence-electron chi connectivity index (χ2n) is 8.00. The van der Waals surface area contributed by atoms with Gasteiger partial charge in [-0.3, -0.25) is 4.79 Å². The third kappa shape index (κ3) is 7.44. The van der Waals surface area contributed by atoms with Gasteiger partial charge in [-0.1, -0.05) is 44.2 Å². The third-order valence-electron chi connectivity index (χ3n) is 4.59. The average Bonchev–Trinajstić information content (AvgIpc) is 2.71. The van der Waals surface area contributed by atoms with E-state index in [4.69, 9.17) is 4.74 Å². The maximum atomic E-state index is 12.3. The van der Waals surface area contributed by atoms with E-state index in [-0.39, 0.29) is 30.5 Å². The molecule has 0 heterocycles. The molecule has 0 aromatic heterocycles. The van der Waals surface area contributed by atoms with Crippen molar-refractivity contribution in [3.63, 3.8) is 0 Å². The van der Waals surface area contributed by atoms with Gasteiger partial charge in [-0.15, -0.1) is 0 Å². The number of para-hydroxylation sites is 1. The van der Waals surface area contributed by atoms with Crippen LogP contribution in [-0.2, 0) is 16.1 Å². The van der Waals surface area contributed by atoms with Crippen LogP contribution in [0.5, 0.6) is 0 Å². The number of aryl methyl sites for hydroxylation is 1. The van der Waals surface area contributed by atoms with E-state index in [0.29, 0.717) is 12.1 Å². The zero-order chi connectivity index (χ0) is 23.0. The summed E-state index contributed by atoms with van der Waals surface area (Å²) in [6, 6.07) is 12.3. The van der Waals surface area contributed by atoms with Crippen LogP contribution >= 0.6 is 0 Å². The molecule has 2 rings (SSSR count). The molecule has 166 valence electrons. The fraction of sp³-hybridized carbons (Fsp3) is 0.375. The van der Waals surface area contributed by atoms with Crippen molar-refractivity contribution < 1.29 is 19.1 Å². The molecular formula is C24H31N3O4. The first-order valence-corrected chi connectivity index (χ1v) is 10.4. The first-order chi connectivity index (χ1) is 14.7. The molecule has 7 nitrogen and oxygen atoms in total. The summed E-state index contributed by atoms with van der Waals surface area (Å²) < 4.78 is 5.15. The van der Waals surface area contributed by atoms with E-state index in [1.54, 1.807) is 24.3 Å². The molecule has 0 atom stereocenters. The van der Waals surface area contributed by atoms with Crippen LogP contribution in [0, 0.1) is 6.92 Å². The number of amides is 3. The molecule has 0 unspecified atom stereocenters. The van der Waals surface area contributed by atoms with Crippen molar-refractivity contribution in [2.45, 2.75) is 53.1 Å². The standard InChI is InChI=1S/C24H31N3O4/c1-15(2)20-8-6-7-17(5)22(20)27-21(28)14-31-23(29)19-11-9-18(10-12-19)13-25-24(30)26-16(3)4/h6-12,15-16H,13-14H2,1-5H3,(H,27,28)(H2,25,26,30). The molecule has 7 heteroatoms. The van der Waals surface area contributed by atoms with Crippen molar-refractivity contribution >= 4 is 23.6 Å². The molecular weight excluding hydrogens is 394 g/mol. The molecule has 0 spiro atoms. The van der Waals surface area contributed by atoms with Gasteiger partial charge in [-0.2, -0.15) is 0 Å². The number of nitrogens with one attached hydrogen (secondary N) is 3. The highest BCUT2D eigenvalue weighted by Crippen LogP contribution is 2.27. The van der Waals surface area contributed by atoms with Crippen LogP contribution < -0.4 is 16.0 Å². The molecule has 0 aliphatic heterocycles. The number of hydrogen-bond donors (Lipinski definition) is 3. The molecule has 3 amide bonds. The topological polar surface area (TPSA) is 96.5 Å². The molecule has 0 fully saturated rings. The van der Waals surface area contributed by atoms with E-state index in [1.165, 1.54) is 0 Å². The number of carbonyl (C=O) groups is 3. The van der Waals surface area contributed by atoms with Crippen molar-refractivity contribution in [1.82, 2.24) is 10.6 Å². The van der Waals surface area contributed by atoms with Gasteiger partial charge in [0.2, 0.25) is 0 Å². The summed E-state index contributed by atoms with van der Waals surface area (Å²) in [5, 5.41) is 8.33. The number of rotatable bonds is 8. The van der Waals surface area contributed by atoms with Gasteiger partial charge in [-0.05, 0) is 55.5 Å². The molecule has 31 heavy (non-hydrogen) atoms. The van der Waals surface area contributed by atoms with Crippen molar-refractivity contribution in [3.8, 4) is 0 Å². The molecule has 2 aromatic carbocycles. The quantitative estimate of drug-likeness (QED) is 0.554. The number of benzene rings is 2. The molecule has 3 N–H and O–H groups in total. The highest BCUT2D eigenvalue weighted by atomic mass is 16.5. The molecule has 0 aliphatic carbocycles. The molecule has 0 saturated carbocycles. The SMILES string of the molecule is Cc1cccc(C(C)C)c1NC(=O)COC(=O)c1ccc(CNC(=O)NC(C)C)cc1. The van der Waals surface area contributed by atoms with Gasteiger partial charge in [0.25, 0.3) is 5.91 Å². The Balaban J connectivity index is 1.87. The van der Waals surface area contributed by atoms with Crippen LogP contribution in [0.4, 0.5) is 10.5 Å². The highest BCUT2D eigenvalue weighted by molar-refractivity contribution is 5.96. The van der Waals surface area contributed by atoms with Gasteiger partial charge >= 0.3 is 12.0 Å². The Morgan fingerprint density at radius 1 is 0.968 bits per heavy atom. The molecule has 0 radical (unpaired) electrons. The van der Waals surface area contributed by atoms with Gasteiger partial charge in [-0.25, -0.2) is 9.59 Å². The van der Waals surface area contributed by atoms with Crippen molar-refractivity contribution in [1.29, 1.82) is 0 Å². The summed E-state index contributed by atoms with van der Waals surface area (Å²) in [7, 11) is 0. The third-order valence-corrected chi connectivity index (χ3v) is 4.59. The lowest BCUT2D eigenvalue weighted by Gasteiger charge is -2.16. The Hall–Kier alpha value is -3.35. The van der Waals surface area contributed by atoms with Gasteiger partial charge in [0.1, 0.15) is 0 Å². The van der Waals surface area contributed by atoms with Crippen LogP contribution in [0.25, 0.3) is 0 Å². The van der Waals surface area contributed by atoms with E-state index in [2.05, 4.69) is 29.8 Å². The Morgan fingerprint density at radius 3 is 2.26 bits per heavy atom. The Labute approximate surface area is 183 Å². The molecule has 2 aromatic rings. The minimum absolute atomic E-state index is 0.0529. The summed E-state index contributed by atoms with van der Waals surface area (Å²) in [6.45, 7) is 9.76. The van der Waals surface area contributed by atoms with Crippen molar-refractivity contribution in [3.05, 3.63) is 64.7 Å². The maximum absolute atomic E-state index is 12.3. The summed E-state index contributed by atoms with van der Waals surface area (Å²) >= 11 is 0. The lowest BCUT2D eigenvalue weighted by molar-refractivity contribution is -0.119. The maximum Gasteiger partial charge on any atom is 0.338 e. The number of hydrogen-bond acceptors (Lipinski definition) is 4. The monoisotopic (exact) mass is 425 g/mol. The molecule has 0 saturated heterocycles. The number of carbonyl (C=O) groups excluding carboxylic acids is 3. The summed E-state index contributed by atoms with van der Waals surface area (Å²) in [5.41, 5.74) is 3.93. The summed E-state index contributed by atoms with van der Waals surface area (Å²) in [5.74, 6) is -0.718. The first kappa shape index (κ1) is 23.9. The van der Waals surface area contributed by atoms with Crippen molar-refractivity contribution in [2.75, 3.05) is 11.9 Å². The average molecular weight is 426 g/mol. The van der Waals surface area contributed by atoms with E-state index in [9.17, 15) is 14.4 Å².